The second kappa shape index (κ2) is 13.7. The van der Waals surface area contributed by atoms with Gasteiger partial charge in [-0.25, -0.2) is 0 Å². The smallest absolute Gasteiger partial charge is 0.252 e. The van der Waals surface area contributed by atoms with E-state index in [2.05, 4.69) is 229 Å². The number of hydrogen-bond donors (Lipinski definition) is 0. The minimum atomic E-state index is -0.0104. The highest BCUT2D eigenvalue weighted by Crippen LogP contribution is 2.54. The Labute approximate surface area is 368 Å². The van der Waals surface area contributed by atoms with Crippen molar-refractivity contribution in [2.75, 3.05) is 9.80 Å². The van der Waals surface area contributed by atoms with Gasteiger partial charge in [-0.2, -0.15) is 0 Å². The number of hydrogen-bond acceptors (Lipinski definition) is 2. The molecule has 3 aliphatic rings. The molecule has 312 valence electrons. The van der Waals surface area contributed by atoms with Crippen molar-refractivity contribution >= 4 is 57.2 Å². The van der Waals surface area contributed by atoms with Gasteiger partial charge in [-0.05, 0) is 143 Å². The predicted molar refractivity (Wildman–Crippen MR) is 267 cm³/mol. The molecule has 0 bridgehead atoms. The molecule has 6 aromatic rings. The van der Waals surface area contributed by atoms with Gasteiger partial charge in [-0.15, -0.1) is 0 Å². The van der Waals surface area contributed by atoms with Crippen LogP contribution in [0.3, 0.4) is 0 Å². The van der Waals surface area contributed by atoms with Crippen LogP contribution < -0.4 is 26.2 Å². The highest BCUT2D eigenvalue weighted by molar-refractivity contribution is 7.00. The van der Waals surface area contributed by atoms with Crippen LogP contribution in [-0.4, -0.2) is 6.71 Å². The summed E-state index contributed by atoms with van der Waals surface area (Å²) >= 11 is 0. The molecule has 0 radical (unpaired) electrons. The average molecular weight is 803 g/mol. The van der Waals surface area contributed by atoms with Crippen LogP contribution in [0.4, 0.5) is 34.1 Å². The minimum absolute atomic E-state index is 0.00329. The Morgan fingerprint density at radius 2 is 1.03 bits per heavy atom. The lowest BCUT2D eigenvalue weighted by Gasteiger charge is -2.46. The lowest BCUT2D eigenvalue weighted by Crippen LogP contribution is -2.62. The zero-order valence-electron chi connectivity index (χ0n) is 39.7. The summed E-state index contributed by atoms with van der Waals surface area (Å²) in [7, 11) is 0. The Kier molecular flexibility index (Phi) is 9.31. The minimum Gasteiger partial charge on any atom is -0.311 e. The lowest BCUT2D eigenvalue weighted by atomic mass is 9.33. The van der Waals surface area contributed by atoms with E-state index in [1.165, 1.54) is 95.0 Å². The van der Waals surface area contributed by atoms with Crippen LogP contribution in [0.25, 0.3) is 11.1 Å². The van der Waals surface area contributed by atoms with Crippen LogP contribution in [0.2, 0.25) is 0 Å². The molecular formula is C58H67BN2. The van der Waals surface area contributed by atoms with E-state index >= 15 is 0 Å². The first-order valence-electron chi connectivity index (χ1n) is 22.9. The van der Waals surface area contributed by atoms with Gasteiger partial charge in [0.05, 0.1) is 5.69 Å². The molecule has 2 nitrogen and oxygen atoms in total. The van der Waals surface area contributed by atoms with E-state index in [0.717, 1.165) is 6.42 Å². The molecule has 0 spiro atoms. The number of rotatable bonds is 4. The van der Waals surface area contributed by atoms with E-state index in [9.17, 15) is 0 Å². The van der Waals surface area contributed by atoms with Gasteiger partial charge in [0.25, 0.3) is 6.71 Å². The Morgan fingerprint density at radius 1 is 0.492 bits per heavy atom. The van der Waals surface area contributed by atoms with E-state index in [1.54, 1.807) is 0 Å². The maximum atomic E-state index is 2.69. The first-order valence-corrected chi connectivity index (χ1v) is 22.9. The lowest BCUT2D eigenvalue weighted by molar-refractivity contribution is 0.403. The van der Waals surface area contributed by atoms with Crippen molar-refractivity contribution in [3.63, 3.8) is 0 Å². The first kappa shape index (κ1) is 41.3. The number of anilines is 6. The third-order valence-corrected chi connectivity index (χ3v) is 14.3. The molecule has 61 heavy (non-hydrogen) atoms. The SMILES string of the molecule is CC(C)c1cc2c3c(c1)N(c1ccc(C(C)(C)C)cc1-c1ccccc1)c1cc4c(cc1B3c1cc(C(C)(C)C)ccc1N2c1cccc(C(C)(C)C)c1)C(C)(C)CC4(C)C. The third kappa shape index (κ3) is 6.77. The molecule has 0 saturated heterocycles. The molecule has 1 aliphatic carbocycles. The van der Waals surface area contributed by atoms with Crippen molar-refractivity contribution in [3.05, 3.63) is 149 Å². The van der Waals surface area contributed by atoms with Gasteiger partial charge in [0, 0.05) is 34.0 Å². The third-order valence-electron chi connectivity index (χ3n) is 14.3. The maximum absolute atomic E-state index is 2.69. The van der Waals surface area contributed by atoms with Crippen LogP contribution >= 0.6 is 0 Å². The molecule has 9 rings (SSSR count). The van der Waals surface area contributed by atoms with Crippen molar-refractivity contribution in [2.45, 2.75) is 143 Å². The van der Waals surface area contributed by atoms with Gasteiger partial charge in [-0.1, -0.05) is 171 Å². The molecule has 0 saturated carbocycles. The fourth-order valence-electron chi connectivity index (χ4n) is 11.0. The fraction of sp³-hybridized carbons (Fsp3) is 0.379. The maximum Gasteiger partial charge on any atom is 0.252 e. The van der Waals surface area contributed by atoms with E-state index in [4.69, 9.17) is 0 Å². The van der Waals surface area contributed by atoms with Gasteiger partial charge in [0.2, 0.25) is 0 Å². The number of nitrogens with zero attached hydrogens (tertiary/aromatic N) is 2. The van der Waals surface area contributed by atoms with Crippen molar-refractivity contribution in [2.24, 2.45) is 0 Å². The molecule has 2 heterocycles. The monoisotopic (exact) mass is 803 g/mol. The average Bonchev–Trinajstić information content (AvgIpc) is 3.37. The second-order valence-electron chi connectivity index (χ2n) is 23.3. The Balaban J connectivity index is 1.46. The standard InChI is InChI=1S/C58H67BN2/c1-36(2)38-28-51-53-52(29-38)61(48-26-24-40(55(6,7)8)31-43(48)37-20-17-16-18-21-37)50-34-45-44(57(12,13)35-58(45,14)15)33-47(50)59(53)46-32-41(56(9,10)11)25-27-49(46)60(51)42-23-19-22-39(30-42)54(3,4)5/h16-34,36H,35H2,1-15H3. The quantitative estimate of drug-likeness (QED) is 0.164. The zero-order valence-corrected chi connectivity index (χ0v) is 39.7. The van der Waals surface area contributed by atoms with Crippen LogP contribution in [-0.2, 0) is 27.1 Å². The summed E-state index contributed by atoms with van der Waals surface area (Å²) in [4.78, 5) is 5.30. The van der Waals surface area contributed by atoms with Crippen LogP contribution in [0, 0.1) is 0 Å². The second-order valence-corrected chi connectivity index (χ2v) is 23.3. The molecule has 0 amide bonds. The van der Waals surface area contributed by atoms with Crippen LogP contribution in [0.5, 0.6) is 0 Å². The summed E-state index contributed by atoms with van der Waals surface area (Å²) in [6, 6.07) is 45.5. The predicted octanol–water partition coefficient (Wildman–Crippen LogP) is 14.4. The normalized spacial score (nSPS) is 16.4. The van der Waals surface area contributed by atoms with E-state index < -0.39 is 0 Å². The number of fused-ring (bicyclic) bond motifs is 5. The summed E-state index contributed by atoms with van der Waals surface area (Å²) in [6.07, 6.45) is 1.12. The Hall–Kier alpha value is -5.02. The first-order chi connectivity index (χ1) is 28.5. The van der Waals surface area contributed by atoms with Crippen molar-refractivity contribution in [1.82, 2.24) is 0 Å². The Morgan fingerprint density at radius 3 is 1.64 bits per heavy atom. The molecule has 0 fully saturated rings. The zero-order chi connectivity index (χ0) is 43.8. The molecule has 3 heteroatoms. The number of benzene rings is 6. The molecular weight excluding hydrogens is 735 g/mol. The topological polar surface area (TPSA) is 6.48 Å². The van der Waals surface area contributed by atoms with E-state index in [-0.39, 0.29) is 33.8 Å². The summed E-state index contributed by atoms with van der Waals surface area (Å²) in [5, 5.41) is 0. The van der Waals surface area contributed by atoms with Crippen LogP contribution in [0.15, 0.2) is 115 Å². The molecule has 0 unspecified atom stereocenters. The van der Waals surface area contributed by atoms with Crippen molar-refractivity contribution < 1.29 is 0 Å². The van der Waals surface area contributed by atoms with Crippen LogP contribution in [0.1, 0.15) is 150 Å². The van der Waals surface area contributed by atoms with Gasteiger partial charge >= 0.3 is 0 Å². The van der Waals surface area contributed by atoms with Gasteiger partial charge < -0.3 is 9.80 Å². The summed E-state index contributed by atoms with van der Waals surface area (Å²) in [5.74, 6) is 0.326. The molecule has 0 atom stereocenters. The molecule has 0 N–H and O–H groups in total. The highest BCUT2D eigenvalue weighted by Gasteiger charge is 2.48. The Bertz CT molecular complexity index is 2710. The summed E-state index contributed by atoms with van der Waals surface area (Å²) in [6.45, 7) is 35.7. The van der Waals surface area contributed by atoms with Crippen molar-refractivity contribution in [1.29, 1.82) is 0 Å². The van der Waals surface area contributed by atoms with E-state index in [1.807, 2.05) is 0 Å². The van der Waals surface area contributed by atoms with E-state index in [0.29, 0.717) is 5.92 Å². The highest BCUT2D eigenvalue weighted by atomic mass is 15.2. The fourth-order valence-corrected chi connectivity index (χ4v) is 11.0. The molecule has 2 aliphatic heterocycles. The summed E-state index contributed by atoms with van der Waals surface area (Å²) < 4.78 is 0. The molecule has 0 aromatic heterocycles. The van der Waals surface area contributed by atoms with Crippen molar-refractivity contribution in [3.8, 4) is 11.1 Å². The van der Waals surface area contributed by atoms with Gasteiger partial charge in [-0.3, -0.25) is 0 Å². The summed E-state index contributed by atoms with van der Waals surface area (Å²) in [5.41, 5.74) is 22.8. The largest absolute Gasteiger partial charge is 0.311 e. The van der Waals surface area contributed by atoms with Gasteiger partial charge in [0.1, 0.15) is 0 Å². The van der Waals surface area contributed by atoms with Gasteiger partial charge in [0.15, 0.2) is 0 Å². The molecule has 6 aromatic carbocycles.